The molecule has 1 amide bonds. The highest BCUT2D eigenvalue weighted by Gasteiger charge is 2.26. The number of carbonyl (C=O) groups excluding carboxylic acids is 1. The molecule has 0 atom stereocenters. The Hall–Kier alpha value is -4.08. The lowest BCUT2D eigenvalue weighted by atomic mass is 10.0. The molecule has 0 saturated carbocycles. The highest BCUT2D eigenvalue weighted by molar-refractivity contribution is 5.94. The quantitative estimate of drug-likeness (QED) is 0.517. The lowest BCUT2D eigenvalue weighted by Crippen LogP contribution is -2.40. The zero-order valence-corrected chi connectivity index (χ0v) is 16.3. The molecule has 2 aromatic heterocycles. The van der Waals surface area contributed by atoms with Gasteiger partial charge in [0.15, 0.2) is 5.82 Å². The molecule has 2 N–H and O–H groups in total. The van der Waals surface area contributed by atoms with E-state index in [2.05, 4.69) is 20.4 Å². The molecule has 1 aliphatic rings. The number of nitrogens with zero attached hydrogens (tertiary/aromatic N) is 4. The van der Waals surface area contributed by atoms with E-state index in [4.69, 9.17) is 0 Å². The summed E-state index contributed by atoms with van der Waals surface area (Å²) in [6.45, 7) is 0.694. The van der Waals surface area contributed by atoms with E-state index in [9.17, 15) is 18.8 Å². The first-order valence-electron chi connectivity index (χ1n) is 9.69. The van der Waals surface area contributed by atoms with Crippen LogP contribution in [0.3, 0.4) is 0 Å². The summed E-state index contributed by atoms with van der Waals surface area (Å²) in [5, 5.41) is 14.1. The predicted octanol–water partition coefficient (Wildman–Crippen LogP) is 1.19. The Morgan fingerprint density at radius 1 is 1.03 bits per heavy atom. The van der Waals surface area contributed by atoms with Crippen LogP contribution in [0.2, 0.25) is 0 Å². The molecule has 1 aliphatic heterocycles. The number of halogens is 1. The Balaban J connectivity index is 1.45. The van der Waals surface area contributed by atoms with E-state index in [-0.39, 0.29) is 29.9 Å². The predicted molar refractivity (Wildman–Crippen MR) is 109 cm³/mol. The molecule has 5 rings (SSSR count). The van der Waals surface area contributed by atoms with Gasteiger partial charge in [-0.2, -0.15) is 10.2 Å². The molecule has 156 valence electrons. The third-order valence-electron chi connectivity index (χ3n) is 5.46. The minimum atomic E-state index is -0.627. The van der Waals surface area contributed by atoms with Gasteiger partial charge in [0.2, 0.25) is 0 Å². The van der Waals surface area contributed by atoms with Gasteiger partial charge in [-0.15, -0.1) is 0 Å². The number of benzene rings is 2. The van der Waals surface area contributed by atoms with E-state index in [1.165, 1.54) is 21.6 Å². The summed E-state index contributed by atoms with van der Waals surface area (Å²) in [4.78, 5) is 38.1. The lowest BCUT2D eigenvalue weighted by Gasteiger charge is -2.27. The van der Waals surface area contributed by atoms with E-state index >= 15 is 0 Å². The van der Waals surface area contributed by atoms with E-state index in [0.29, 0.717) is 40.8 Å². The smallest absolute Gasteiger partial charge is 0.329 e. The first-order chi connectivity index (χ1) is 15.0. The van der Waals surface area contributed by atoms with Crippen molar-refractivity contribution in [2.24, 2.45) is 0 Å². The maximum Gasteiger partial charge on any atom is 0.343 e. The molecule has 0 bridgehead atoms. The second kappa shape index (κ2) is 7.31. The molecule has 4 aromatic rings. The molecule has 0 spiro atoms. The van der Waals surface area contributed by atoms with E-state index < -0.39 is 11.7 Å². The largest absolute Gasteiger partial charge is 0.343 e. The Labute approximate surface area is 174 Å². The zero-order valence-electron chi connectivity index (χ0n) is 16.3. The zero-order chi connectivity index (χ0) is 21.5. The summed E-state index contributed by atoms with van der Waals surface area (Å²) in [6.07, 6.45) is 0.316. The second-order valence-corrected chi connectivity index (χ2v) is 7.36. The Bertz CT molecular complexity index is 1440. The molecule has 0 aliphatic carbocycles. The van der Waals surface area contributed by atoms with Crippen LogP contribution in [-0.4, -0.2) is 42.3 Å². The van der Waals surface area contributed by atoms with Gasteiger partial charge in [0.25, 0.3) is 11.5 Å². The van der Waals surface area contributed by atoms with E-state index in [1.54, 1.807) is 24.3 Å². The van der Waals surface area contributed by atoms with Crippen LogP contribution in [0, 0.1) is 5.82 Å². The normalized spacial score (nSPS) is 13.4. The SMILES string of the molecule is O=C(c1cc(Cc2n[nH]c(=O)c3ccccc23)ccc1F)N1CCn2c(n[nH]c2=O)C1. The fraction of sp³-hybridized carbons (Fsp3) is 0.190. The number of fused-ring (bicyclic) bond motifs is 2. The molecule has 3 heterocycles. The molecule has 2 aromatic carbocycles. The van der Waals surface area contributed by atoms with E-state index in [0.717, 1.165) is 0 Å². The van der Waals surface area contributed by atoms with Crippen molar-refractivity contribution in [3.05, 3.63) is 91.8 Å². The van der Waals surface area contributed by atoms with Crippen LogP contribution in [0.1, 0.15) is 27.4 Å². The van der Waals surface area contributed by atoms with Gasteiger partial charge in [-0.05, 0) is 23.8 Å². The van der Waals surface area contributed by atoms with Crippen molar-refractivity contribution in [3.8, 4) is 0 Å². The van der Waals surface area contributed by atoms with Crippen LogP contribution in [0.4, 0.5) is 4.39 Å². The molecule has 9 nitrogen and oxygen atoms in total. The van der Waals surface area contributed by atoms with Gasteiger partial charge in [-0.25, -0.2) is 19.4 Å². The summed E-state index contributed by atoms with van der Waals surface area (Å²) in [5.74, 6) is -0.663. The first-order valence-corrected chi connectivity index (χ1v) is 9.69. The lowest BCUT2D eigenvalue weighted by molar-refractivity contribution is 0.0701. The number of hydrogen-bond donors (Lipinski definition) is 2. The summed E-state index contributed by atoms with van der Waals surface area (Å²) in [5.41, 5.74) is 0.645. The standard InChI is InChI=1S/C21H17FN6O3/c22-16-6-5-12(10-17-13-3-1-2-4-14(13)19(29)25-23-17)9-15(16)20(30)27-7-8-28-18(11-27)24-26-21(28)31/h1-6,9H,7-8,10-11H2,(H,25,29)(H,26,31). The van der Waals surface area contributed by atoms with Gasteiger partial charge < -0.3 is 4.90 Å². The van der Waals surface area contributed by atoms with Crippen molar-refractivity contribution in [2.45, 2.75) is 19.5 Å². The van der Waals surface area contributed by atoms with Gasteiger partial charge in [-0.1, -0.05) is 24.3 Å². The topological polar surface area (TPSA) is 117 Å². The Morgan fingerprint density at radius 3 is 2.68 bits per heavy atom. The first kappa shape index (κ1) is 18.9. The van der Waals surface area contributed by atoms with Crippen molar-refractivity contribution in [1.82, 2.24) is 29.9 Å². The Morgan fingerprint density at radius 2 is 1.84 bits per heavy atom. The summed E-state index contributed by atoms with van der Waals surface area (Å²) >= 11 is 0. The molecule has 0 unspecified atom stereocenters. The number of H-pyrrole nitrogens is 2. The van der Waals surface area contributed by atoms with Gasteiger partial charge in [0.1, 0.15) is 5.82 Å². The average Bonchev–Trinajstić information content (AvgIpc) is 3.17. The number of hydrogen-bond acceptors (Lipinski definition) is 5. The third-order valence-corrected chi connectivity index (χ3v) is 5.46. The molecular formula is C21H17FN6O3. The summed E-state index contributed by atoms with van der Waals surface area (Å²) < 4.78 is 16.0. The molecule has 0 fully saturated rings. The van der Waals surface area contributed by atoms with Crippen molar-refractivity contribution >= 4 is 16.7 Å². The molecule has 31 heavy (non-hydrogen) atoms. The van der Waals surface area contributed by atoms with Gasteiger partial charge >= 0.3 is 5.69 Å². The molecule has 0 saturated heterocycles. The van der Waals surface area contributed by atoms with Gasteiger partial charge in [0.05, 0.1) is 23.2 Å². The minimum Gasteiger partial charge on any atom is -0.329 e. The fourth-order valence-corrected chi connectivity index (χ4v) is 3.86. The maximum atomic E-state index is 14.5. The van der Waals surface area contributed by atoms with Crippen LogP contribution in [0.15, 0.2) is 52.1 Å². The van der Waals surface area contributed by atoms with Crippen LogP contribution in [0.5, 0.6) is 0 Å². The van der Waals surface area contributed by atoms with Crippen molar-refractivity contribution < 1.29 is 9.18 Å². The van der Waals surface area contributed by atoms with Crippen LogP contribution in [0.25, 0.3) is 10.8 Å². The number of aromatic amines is 2. The highest BCUT2D eigenvalue weighted by atomic mass is 19.1. The molecular weight excluding hydrogens is 403 g/mol. The van der Waals surface area contributed by atoms with Gasteiger partial charge in [-0.3, -0.25) is 14.2 Å². The summed E-state index contributed by atoms with van der Waals surface area (Å²) in [7, 11) is 0. The van der Waals surface area contributed by atoms with E-state index in [1.807, 2.05) is 6.07 Å². The monoisotopic (exact) mass is 420 g/mol. The number of amides is 1. The number of carbonyl (C=O) groups is 1. The van der Waals surface area contributed by atoms with Crippen LogP contribution < -0.4 is 11.2 Å². The second-order valence-electron chi connectivity index (χ2n) is 7.36. The van der Waals surface area contributed by atoms with Crippen LogP contribution >= 0.6 is 0 Å². The van der Waals surface area contributed by atoms with Crippen LogP contribution in [-0.2, 0) is 19.5 Å². The Kier molecular flexibility index (Phi) is 4.46. The number of aromatic nitrogens is 5. The van der Waals surface area contributed by atoms with Crippen molar-refractivity contribution in [3.63, 3.8) is 0 Å². The van der Waals surface area contributed by atoms with Crippen molar-refractivity contribution in [2.75, 3.05) is 6.54 Å². The summed E-state index contributed by atoms with van der Waals surface area (Å²) in [6, 6.07) is 11.5. The molecule has 10 heteroatoms. The van der Waals surface area contributed by atoms with Gasteiger partial charge in [0, 0.05) is 24.9 Å². The maximum absolute atomic E-state index is 14.5. The average molecular weight is 420 g/mol. The highest BCUT2D eigenvalue weighted by Crippen LogP contribution is 2.20. The van der Waals surface area contributed by atoms with Crippen molar-refractivity contribution in [1.29, 1.82) is 0 Å². The number of rotatable bonds is 3. The minimum absolute atomic E-state index is 0.0578. The molecule has 0 radical (unpaired) electrons. The fourth-order valence-electron chi connectivity index (χ4n) is 3.86. The third kappa shape index (κ3) is 3.31. The number of nitrogens with one attached hydrogen (secondary N) is 2.